The quantitative estimate of drug-likeness (QED) is 0.640. The lowest BCUT2D eigenvalue weighted by Crippen LogP contribution is -2.17. The first-order chi connectivity index (χ1) is 5.77. The summed E-state index contributed by atoms with van der Waals surface area (Å²) in [5.41, 5.74) is 0. The summed E-state index contributed by atoms with van der Waals surface area (Å²) in [6.45, 7) is 2.96. The molecule has 12 heavy (non-hydrogen) atoms. The number of hydrogen-bond acceptors (Lipinski definition) is 6. The average molecular weight is 172 g/mol. The van der Waals surface area contributed by atoms with Crippen molar-refractivity contribution in [2.75, 3.05) is 18.5 Å². The molecule has 6 nitrogen and oxygen atoms in total. The molecule has 0 atom stereocenters. The van der Waals surface area contributed by atoms with Crippen molar-refractivity contribution in [2.45, 2.75) is 13.5 Å². The number of nitrogens with two attached hydrogens (primary N) is 1. The summed E-state index contributed by atoms with van der Waals surface area (Å²) >= 11 is 0. The normalized spacial score (nSPS) is 10.2. The zero-order valence-corrected chi connectivity index (χ0v) is 7.15. The molecule has 1 aromatic rings. The van der Waals surface area contributed by atoms with Gasteiger partial charge in [0.2, 0.25) is 0 Å². The van der Waals surface area contributed by atoms with E-state index in [1.165, 1.54) is 0 Å². The molecule has 0 fully saturated rings. The molecule has 1 rings (SSSR count). The van der Waals surface area contributed by atoms with Crippen LogP contribution in [0.4, 0.5) is 5.95 Å². The molecule has 0 saturated heterocycles. The number of anilines is 1. The lowest BCUT2D eigenvalue weighted by molar-refractivity contribution is 0.0995. The molecule has 0 spiro atoms. The van der Waals surface area contributed by atoms with Crippen LogP contribution in [0, 0.1) is 0 Å². The molecule has 0 saturated carbocycles. The van der Waals surface area contributed by atoms with Gasteiger partial charge in [0.05, 0.1) is 0 Å². The van der Waals surface area contributed by atoms with Gasteiger partial charge >= 0.3 is 0 Å². The Morgan fingerprint density at radius 3 is 3.00 bits per heavy atom. The minimum absolute atomic E-state index is 0.143. The van der Waals surface area contributed by atoms with Gasteiger partial charge in [-0.25, -0.2) is 5.90 Å². The Labute approximate surface area is 70.2 Å². The highest BCUT2D eigenvalue weighted by Crippen LogP contribution is 2.06. The summed E-state index contributed by atoms with van der Waals surface area (Å²) in [5.74, 6) is 5.77. The maximum absolute atomic E-state index is 4.84. The van der Waals surface area contributed by atoms with E-state index >= 15 is 0 Å². The van der Waals surface area contributed by atoms with Crippen LogP contribution < -0.4 is 10.8 Å². The monoisotopic (exact) mass is 172 g/mol. The largest absolute Gasteiger partial charge is 0.342 e. The second-order valence-electron chi connectivity index (χ2n) is 2.31. The molecule has 2 N–H and O–H groups in total. The average Bonchev–Trinajstić information content (AvgIpc) is 2.52. The number of nitrogens with zero attached hydrogens (tertiary/aromatic N) is 3. The van der Waals surface area contributed by atoms with Gasteiger partial charge in [0, 0.05) is 13.6 Å². The zero-order valence-electron chi connectivity index (χ0n) is 7.15. The van der Waals surface area contributed by atoms with Crippen LogP contribution in [0.1, 0.15) is 12.8 Å². The highest BCUT2D eigenvalue weighted by atomic mass is 16.6. The molecular weight excluding hydrogens is 160 g/mol. The molecule has 0 aliphatic carbocycles. The molecule has 0 aromatic carbocycles. The molecule has 0 aliphatic heterocycles. The molecule has 0 aliphatic rings. The molecule has 1 heterocycles. The number of aromatic nitrogens is 2. The Morgan fingerprint density at radius 1 is 1.67 bits per heavy atom. The molecule has 0 unspecified atom stereocenters. The van der Waals surface area contributed by atoms with E-state index in [1.54, 1.807) is 0 Å². The van der Waals surface area contributed by atoms with Crippen LogP contribution in [0.25, 0.3) is 0 Å². The van der Waals surface area contributed by atoms with Crippen molar-refractivity contribution >= 4 is 5.95 Å². The smallest absolute Gasteiger partial charge is 0.265 e. The third-order valence-electron chi connectivity index (χ3n) is 1.48. The second-order valence-corrected chi connectivity index (χ2v) is 2.31. The Balaban J connectivity index is 2.63. The Morgan fingerprint density at radius 2 is 2.42 bits per heavy atom. The third kappa shape index (κ3) is 1.93. The molecule has 1 aromatic heterocycles. The van der Waals surface area contributed by atoms with E-state index in [1.807, 2.05) is 18.9 Å². The van der Waals surface area contributed by atoms with E-state index in [2.05, 4.69) is 15.0 Å². The van der Waals surface area contributed by atoms with Gasteiger partial charge in [-0.05, 0) is 12.1 Å². The van der Waals surface area contributed by atoms with Gasteiger partial charge in [0.15, 0.2) is 0 Å². The molecule has 0 bridgehead atoms. The van der Waals surface area contributed by atoms with Crippen LogP contribution >= 0.6 is 0 Å². The van der Waals surface area contributed by atoms with Crippen molar-refractivity contribution in [3.8, 4) is 0 Å². The molecule has 68 valence electrons. The predicted molar refractivity (Wildman–Crippen MR) is 42.2 cm³/mol. The van der Waals surface area contributed by atoms with E-state index in [-0.39, 0.29) is 6.61 Å². The summed E-state index contributed by atoms with van der Waals surface area (Å²) < 4.78 is 4.82. The lowest BCUT2D eigenvalue weighted by Gasteiger charge is -2.08. The van der Waals surface area contributed by atoms with Crippen molar-refractivity contribution in [2.24, 2.45) is 5.90 Å². The second kappa shape index (κ2) is 4.03. The van der Waals surface area contributed by atoms with Gasteiger partial charge in [-0.2, -0.15) is 4.98 Å². The topological polar surface area (TPSA) is 77.4 Å². The Bertz CT molecular complexity index is 237. The van der Waals surface area contributed by atoms with Crippen molar-refractivity contribution in [3.63, 3.8) is 0 Å². The minimum Gasteiger partial charge on any atom is -0.342 e. The first-order valence-electron chi connectivity index (χ1n) is 3.63. The van der Waals surface area contributed by atoms with E-state index in [4.69, 9.17) is 10.4 Å². The van der Waals surface area contributed by atoms with Crippen molar-refractivity contribution in [1.29, 1.82) is 0 Å². The van der Waals surface area contributed by atoms with Crippen LogP contribution in [0.2, 0.25) is 0 Å². The van der Waals surface area contributed by atoms with Gasteiger partial charge in [0.1, 0.15) is 6.61 Å². The maximum Gasteiger partial charge on any atom is 0.265 e. The van der Waals surface area contributed by atoms with E-state index in [9.17, 15) is 0 Å². The maximum atomic E-state index is 4.84. The van der Waals surface area contributed by atoms with Crippen LogP contribution in [-0.2, 0) is 11.4 Å². The predicted octanol–water partition coefficient (Wildman–Crippen LogP) is -0.0840. The first kappa shape index (κ1) is 8.95. The van der Waals surface area contributed by atoms with Gasteiger partial charge < -0.3 is 9.42 Å². The van der Waals surface area contributed by atoms with Gasteiger partial charge in [-0.3, -0.25) is 4.84 Å². The summed E-state index contributed by atoms with van der Waals surface area (Å²) in [6.07, 6.45) is 0. The Kier molecular flexibility index (Phi) is 3.01. The molecular formula is C6H12N4O2. The summed E-state index contributed by atoms with van der Waals surface area (Å²) in [5, 5.41) is 3.71. The summed E-state index contributed by atoms with van der Waals surface area (Å²) in [6, 6.07) is 0. The fraction of sp³-hybridized carbons (Fsp3) is 0.667. The molecule has 0 radical (unpaired) electrons. The van der Waals surface area contributed by atoms with Gasteiger partial charge in [-0.15, -0.1) is 0 Å². The highest BCUT2D eigenvalue weighted by Gasteiger charge is 2.08. The van der Waals surface area contributed by atoms with Crippen LogP contribution in [0.15, 0.2) is 4.52 Å². The van der Waals surface area contributed by atoms with Crippen LogP contribution in [-0.4, -0.2) is 23.7 Å². The summed E-state index contributed by atoms with van der Waals surface area (Å²) in [4.78, 5) is 10.2. The minimum atomic E-state index is 0.143. The third-order valence-corrected chi connectivity index (χ3v) is 1.48. The lowest BCUT2D eigenvalue weighted by atomic mass is 10.6. The van der Waals surface area contributed by atoms with Crippen LogP contribution in [0.5, 0.6) is 0 Å². The SMILES string of the molecule is CCN(C)c1noc(CON)n1. The van der Waals surface area contributed by atoms with Crippen molar-refractivity contribution in [1.82, 2.24) is 10.1 Å². The van der Waals surface area contributed by atoms with Gasteiger partial charge in [0.25, 0.3) is 11.8 Å². The first-order valence-corrected chi connectivity index (χ1v) is 3.63. The molecule has 0 amide bonds. The number of rotatable bonds is 4. The van der Waals surface area contributed by atoms with E-state index in [0.29, 0.717) is 11.8 Å². The Hall–Kier alpha value is -1.14. The van der Waals surface area contributed by atoms with E-state index < -0.39 is 0 Å². The fourth-order valence-corrected chi connectivity index (χ4v) is 0.672. The van der Waals surface area contributed by atoms with Crippen molar-refractivity contribution in [3.05, 3.63) is 5.89 Å². The van der Waals surface area contributed by atoms with E-state index in [0.717, 1.165) is 6.54 Å². The van der Waals surface area contributed by atoms with Crippen LogP contribution in [0.3, 0.4) is 0 Å². The van der Waals surface area contributed by atoms with Gasteiger partial charge in [-0.1, -0.05) is 0 Å². The fourth-order valence-electron chi connectivity index (χ4n) is 0.672. The number of hydrogen-bond donors (Lipinski definition) is 1. The zero-order chi connectivity index (χ0) is 8.97. The highest BCUT2D eigenvalue weighted by molar-refractivity contribution is 5.24. The van der Waals surface area contributed by atoms with Crippen molar-refractivity contribution < 1.29 is 9.36 Å². The standard InChI is InChI=1S/C6H12N4O2/c1-3-10(2)6-8-5(4-11-7)12-9-6/h3-4,7H2,1-2H3. The summed E-state index contributed by atoms with van der Waals surface area (Å²) in [7, 11) is 1.87. The molecule has 6 heteroatoms.